The minimum absolute atomic E-state index is 0.145. The molecule has 1 aliphatic heterocycles. The van der Waals surface area contributed by atoms with E-state index >= 15 is 0 Å². The van der Waals surface area contributed by atoms with Crippen LogP contribution in [0.15, 0.2) is 46.0 Å². The van der Waals surface area contributed by atoms with Crippen LogP contribution < -0.4 is 0 Å². The summed E-state index contributed by atoms with van der Waals surface area (Å²) >= 11 is 0. The first kappa shape index (κ1) is 18.7. The number of hydrogen-bond donors (Lipinski definition) is 0. The molecule has 1 atom stereocenters. The maximum atomic E-state index is 13.0. The molecule has 3 heterocycles. The first-order valence-corrected chi connectivity index (χ1v) is 10.6. The number of piperidine rings is 1. The van der Waals surface area contributed by atoms with Gasteiger partial charge < -0.3 is 4.42 Å². The van der Waals surface area contributed by atoms with Crippen molar-refractivity contribution in [2.24, 2.45) is 0 Å². The molecular formula is C19H21N5O3S. The Balaban J connectivity index is 1.54. The molecule has 0 amide bonds. The quantitative estimate of drug-likeness (QED) is 0.664. The Labute approximate surface area is 163 Å². The van der Waals surface area contributed by atoms with E-state index in [1.807, 2.05) is 13.8 Å². The van der Waals surface area contributed by atoms with Gasteiger partial charge in [-0.3, -0.25) is 4.98 Å². The van der Waals surface area contributed by atoms with Crippen LogP contribution in [-0.4, -0.2) is 46.0 Å². The molecule has 8 nitrogen and oxygen atoms in total. The molecule has 2 aromatic heterocycles. The standard InChI is InChI=1S/C19H21N5O3S/c1-13-5-7-16(8-6-13)28(25,26)24-9-3-4-15(12-24)18-22-23-19(27-18)17-11-20-14(2)10-21-17/h5-8,10-11,15H,3-4,9,12H2,1-2H3/t15-/m0/s1. The van der Waals surface area contributed by atoms with E-state index in [9.17, 15) is 8.42 Å². The summed E-state index contributed by atoms with van der Waals surface area (Å²) in [5.41, 5.74) is 2.32. The smallest absolute Gasteiger partial charge is 0.267 e. The Kier molecular flexibility index (Phi) is 4.94. The number of aromatic nitrogens is 4. The maximum absolute atomic E-state index is 13.0. The normalized spacial score (nSPS) is 18.3. The van der Waals surface area contributed by atoms with Gasteiger partial charge in [0.25, 0.3) is 5.89 Å². The lowest BCUT2D eigenvalue weighted by atomic mass is 10.00. The lowest BCUT2D eigenvalue weighted by Gasteiger charge is -2.30. The van der Waals surface area contributed by atoms with E-state index in [0.29, 0.717) is 35.5 Å². The van der Waals surface area contributed by atoms with Crippen LogP contribution in [0.3, 0.4) is 0 Å². The van der Waals surface area contributed by atoms with Gasteiger partial charge in [0.1, 0.15) is 5.69 Å². The Hall–Kier alpha value is -2.65. The first-order valence-electron chi connectivity index (χ1n) is 9.13. The zero-order valence-corrected chi connectivity index (χ0v) is 16.6. The predicted molar refractivity (Wildman–Crippen MR) is 102 cm³/mol. The molecule has 1 fully saturated rings. The maximum Gasteiger partial charge on any atom is 0.267 e. The van der Waals surface area contributed by atoms with Crippen molar-refractivity contribution in [1.82, 2.24) is 24.5 Å². The fourth-order valence-corrected chi connectivity index (χ4v) is 4.75. The summed E-state index contributed by atoms with van der Waals surface area (Å²) in [5.74, 6) is 0.579. The van der Waals surface area contributed by atoms with Gasteiger partial charge in [0.2, 0.25) is 15.9 Å². The van der Waals surface area contributed by atoms with Gasteiger partial charge in [-0.05, 0) is 38.8 Å². The molecular weight excluding hydrogens is 378 g/mol. The zero-order chi connectivity index (χ0) is 19.7. The van der Waals surface area contributed by atoms with Gasteiger partial charge in [-0.2, -0.15) is 4.31 Å². The summed E-state index contributed by atoms with van der Waals surface area (Å²) < 4.78 is 33.2. The predicted octanol–water partition coefficient (Wildman–Crippen LogP) is 2.71. The monoisotopic (exact) mass is 399 g/mol. The number of rotatable bonds is 4. The topological polar surface area (TPSA) is 102 Å². The van der Waals surface area contributed by atoms with Gasteiger partial charge in [0, 0.05) is 19.3 Å². The van der Waals surface area contributed by atoms with Crippen molar-refractivity contribution < 1.29 is 12.8 Å². The Morgan fingerprint density at radius 3 is 2.57 bits per heavy atom. The van der Waals surface area contributed by atoms with Crippen LogP contribution in [-0.2, 0) is 10.0 Å². The second kappa shape index (κ2) is 7.40. The van der Waals surface area contributed by atoms with E-state index in [1.54, 1.807) is 36.7 Å². The number of sulfonamides is 1. The second-order valence-corrected chi connectivity index (χ2v) is 8.94. The molecule has 0 spiro atoms. The van der Waals surface area contributed by atoms with E-state index in [-0.39, 0.29) is 5.92 Å². The Bertz CT molecular complexity index is 1060. The first-order chi connectivity index (χ1) is 13.4. The molecule has 1 aliphatic rings. The minimum Gasteiger partial charge on any atom is -0.419 e. The van der Waals surface area contributed by atoms with Crippen molar-refractivity contribution in [3.63, 3.8) is 0 Å². The average molecular weight is 399 g/mol. The van der Waals surface area contributed by atoms with Crippen LogP contribution in [0, 0.1) is 13.8 Å². The van der Waals surface area contributed by atoms with Gasteiger partial charge >= 0.3 is 0 Å². The molecule has 0 unspecified atom stereocenters. The molecule has 1 saturated heterocycles. The highest BCUT2D eigenvalue weighted by molar-refractivity contribution is 7.89. The van der Waals surface area contributed by atoms with Crippen LogP contribution in [0.4, 0.5) is 0 Å². The summed E-state index contributed by atoms with van der Waals surface area (Å²) in [6, 6.07) is 6.91. The molecule has 146 valence electrons. The van der Waals surface area contributed by atoms with Crippen molar-refractivity contribution in [3.8, 4) is 11.6 Å². The van der Waals surface area contributed by atoms with E-state index in [4.69, 9.17) is 4.42 Å². The van der Waals surface area contributed by atoms with Crippen LogP contribution in [0.1, 0.15) is 35.9 Å². The van der Waals surface area contributed by atoms with Gasteiger partial charge in [-0.15, -0.1) is 10.2 Å². The summed E-state index contributed by atoms with van der Waals surface area (Å²) in [7, 11) is -3.55. The number of benzene rings is 1. The highest BCUT2D eigenvalue weighted by Gasteiger charge is 2.33. The summed E-state index contributed by atoms with van der Waals surface area (Å²) in [6.45, 7) is 4.58. The highest BCUT2D eigenvalue weighted by Crippen LogP contribution is 2.30. The van der Waals surface area contributed by atoms with Gasteiger partial charge in [-0.1, -0.05) is 17.7 Å². The van der Waals surface area contributed by atoms with Crippen LogP contribution in [0.2, 0.25) is 0 Å². The molecule has 3 aromatic rings. The molecule has 4 rings (SSSR count). The molecule has 0 radical (unpaired) electrons. The third-order valence-electron chi connectivity index (χ3n) is 4.83. The van der Waals surface area contributed by atoms with Gasteiger partial charge in [-0.25, -0.2) is 13.4 Å². The lowest BCUT2D eigenvalue weighted by Crippen LogP contribution is -2.39. The van der Waals surface area contributed by atoms with Crippen molar-refractivity contribution in [2.75, 3.05) is 13.1 Å². The fraction of sp³-hybridized carbons (Fsp3) is 0.368. The summed E-state index contributed by atoms with van der Waals surface area (Å²) in [4.78, 5) is 8.73. The van der Waals surface area contributed by atoms with E-state index in [1.165, 1.54) is 4.31 Å². The third kappa shape index (κ3) is 3.67. The molecule has 0 N–H and O–H groups in total. The van der Waals surface area contributed by atoms with Crippen molar-refractivity contribution in [3.05, 3.63) is 53.8 Å². The summed E-state index contributed by atoms with van der Waals surface area (Å²) in [6.07, 6.45) is 4.75. The van der Waals surface area contributed by atoms with E-state index < -0.39 is 10.0 Å². The van der Waals surface area contributed by atoms with Crippen LogP contribution >= 0.6 is 0 Å². The third-order valence-corrected chi connectivity index (χ3v) is 6.71. The summed E-state index contributed by atoms with van der Waals surface area (Å²) in [5, 5.41) is 8.19. The Morgan fingerprint density at radius 2 is 1.86 bits per heavy atom. The van der Waals surface area contributed by atoms with Crippen LogP contribution in [0.25, 0.3) is 11.6 Å². The lowest BCUT2D eigenvalue weighted by molar-refractivity contribution is 0.286. The second-order valence-electron chi connectivity index (χ2n) is 7.00. The molecule has 0 bridgehead atoms. The fourth-order valence-electron chi connectivity index (χ4n) is 3.23. The number of hydrogen-bond acceptors (Lipinski definition) is 7. The molecule has 0 aliphatic carbocycles. The van der Waals surface area contributed by atoms with Gasteiger partial charge in [0.15, 0.2) is 0 Å². The highest BCUT2D eigenvalue weighted by atomic mass is 32.2. The van der Waals surface area contributed by atoms with Crippen molar-refractivity contribution >= 4 is 10.0 Å². The largest absolute Gasteiger partial charge is 0.419 e. The Morgan fingerprint density at radius 1 is 1.07 bits per heavy atom. The van der Waals surface area contributed by atoms with Crippen molar-refractivity contribution in [1.29, 1.82) is 0 Å². The molecule has 1 aromatic carbocycles. The molecule has 0 saturated carbocycles. The minimum atomic E-state index is -3.55. The SMILES string of the molecule is Cc1ccc(S(=O)(=O)N2CCC[C@H](c3nnc(-c4cnc(C)cn4)o3)C2)cc1. The molecule has 9 heteroatoms. The average Bonchev–Trinajstić information content (AvgIpc) is 3.19. The van der Waals surface area contributed by atoms with Crippen molar-refractivity contribution in [2.45, 2.75) is 37.5 Å². The van der Waals surface area contributed by atoms with E-state index in [0.717, 1.165) is 24.1 Å². The number of nitrogens with zero attached hydrogens (tertiary/aromatic N) is 5. The van der Waals surface area contributed by atoms with Crippen LogP contribution in [0.5, 0.6) is 0 Å². The zero-order valence-electron chi connectivity index (χ0n) is 15.7. The van der Waals surface area contributed by atoms with Gasteiger partial charge in [0.05, 0.1) is 22.7 Å². The molecule has 28 heavy (non-hydrogen) atoms. The number of aryl methyl sites for hydroxylation is 2. The van der Waals surface area contributed by atoms with E-state index in [2.05, 4.69) is 20.2 Å².